The molecule has 0 saturated carbocycles. The maximum absolute atomic E-state index is 13.9. The molecule has 0 spiro atoms. The molecule has 1 N–H and O–H groups in total. The first-order valence-electron chi connectivity index (χ1n) is 7.58. The van der Waals surface area contributed by atoms with Crippen molar-refractivity contribution in [1.29, 1.82) is 0 Å². The zero-order chi connectivity index (χ0) is 17.0. The van der Waals surface area contributed by atoms with Gasteiger partial charge in [-0.3, -0.25) is 4.79 Å². The molecule has 126 valence electrons. The van der Waals surface area contributed by atoms with Crippen molar-refractivity contribution in [2.45, 2.75) is 37.1 Å². The molecular formula is C16H21FN2O3S. The molecule has 2 rings (SSSR count). The van der Waals surface area contributed by atoms with Crippen molar-refractivity contribution < 1.29 is 17.6 Å². The second kappa shape index (κ2) is 7.23. The highest BCUT2D eigenvalue weighted by Gasteiger charge is 2.26. The van der Waals surface area contributed by atoms with Crippen molar-refractivity contribution in [3.63, 3.8) is 0 Å². The minimum absolute atomic E-state index is 0.0108. The lowest BCUT2D eigenvalue weighted by atomic mass is 10.0. The number of carbonyl (C=O) groups is 1. The van der Waals surface area contributed by atoms with Gasteiger partial charge in [0.05, 0.1) is 0 Å². The topological polar surface area (TPSA) is 66.5 Å². The predicted octanol–water partition coefficient (Wildman–Crippen LogP) is 2.30. The number of amides is 1. The Morgan fingerprint density at radius 1 is 1.48 bits per heavy atom. The van der Waals surface area contributed by atoms with Crippen molar-refractivity contribution in [3.05, 3.63) is 42.2 Å². The molecule has 7 heteroatoms. The molecule has 0 aromatic heterocycles. The number of halogens is 1. The molecule has 1 heterocycles. The van der Waals surface area contributed by atoms with Crippen LogP contribution in [0.3, 0.4) is 0 Å². The zero-order valence-electron chi connectivity index (χ0n) is 13.1. The number of rotatable bonds is 5. The predicted molar refractivity (Wildman–Crippen MR) is 86.1 cm³/mol. The minimum atomic E-state index is -4.02. The summed E-state index contributed by atoms with van der Waals surface area (Å²) in [7, 11) is -4.02. The Morgan fingerprint density at radius 3 is 2.87 bits per heavy atom. The monoisotopic (exact) mass is 340 g/mol. The van der Waals surface area contributed by atoms with Gasteiger partial charge in [0.25, 0.3) is 5.91 Å². The third kappa shape index (κ3) is 3.97. The average molecular weight is 340 g/mol. The highest BCUT2D eigenvalue weighted by molar-refractivity contribution is 7.89. The Labute approximate surface area is 136 Å². The van der Waals surface area contributed by atoms with E-state index in [-0.39, 0.29) is 24.1 Å². The van der Waals surface area contributed by atoms with Gasteiger partial charge in [-0.15, -0.1) is 6.58 Å². The van der Waals surface area contributed by atoms with E-state index in [2.05, 4.69) is 11.3 Å². The highest BCUT2D eigenvalue weighted by atomic mass is 32.2. The summed E-state index contributed by atoms with van der Waals surface area (Å²) in [6.07, 6.45) is 4.27. The summed E-state index contributed by atoms with van der Waals surface area (Å²) in [6.45, 7) is 6.00. The molecule has 1 unspecified atom stereocenters. The molecule has 1 amide bonds. The van der Waals surface area contributed by atoms with Crippen molar-refractivity contribution in [2.24, 2.45) is 0 Å². The highest BCUT2D eigenvalue weighted by Crippen LogP contribution is 2.22. The van der Waals surface area contributed by atoms with E-state index in [1.807, 2.05) is 6.92 Å². The number of likely N-dealkylation sites (tertiary alicyclic amines) is 1. The van der Waals surface area contributed by atoms with Gasteiger partial charge in [0, 0.05) is 24.7 Å². The smallest absolute Gasteiger partial charge is 0.254 e. The Kier molecular flexibility index (Phi) is 5.54. The van der Waals surface area contributed by atoms with Gasteiger partial charge in [0.2, 0.25) is 10.0 Å². The lowest BCUT2D eigenvalue weighted by Gasteiger charge is -2.33. The maximum Gasteiger partial charge on any atom is 0.254 e. The lowest BCUT2D eigenvalue weighted by molar-refractivity contribution is 0.0635. The second-order valence-corrected chi connectivity index (χ2v) is 7.36. The number of piperidine rings is 1. The van der Waals surface area contributed by atoms with Crippen LogP contribution in [0.5, 0.6) is 0 Å². The number of nitrogens with zero attached hydrogens (tertiary/aromatic N) is 1. The van der Waals surface area contributed by atoms with E-state index in [4.69, 9.17) is 0 Å². The van der Waals surface area contributed by atoms with Gasteiger partial charge in [0.15, 0.2) is 0 Å². The van der Waals surface area contributed by atoms with Gasteiger partial charge < -0.3 is 4.90 Å². The van der Waals surface area contributed by atoms with Crippen molar-refractivity contribution in [1.82, 2.24) is 9.62 Å². The number of benzene rings is 1. The SMILES string of the molecule is C=CCNS(=O)(=O)c1cc(C(=O)N2CCCCC2C)ccc1F. The molecular weight excluding hydrogens is 319 g/mol. The fourth-order valence-electron chi connectivity index (χ4n) is 2.65. The molecule has 0 radical (unpaired) electrons. The molecule has 1 aromatic carbocycles. The molecule has 23 heavy (non-hydrogen) atoms. The summed E-state index contributed by atoms with van der Waals surface area (Å²) >= 11 is 0. The van der Waals surface area contributed by atoms with E-state index in [1.54, 1.807) is 4.90 Å². The zero-order valence-corrected chi connectivity index (χ0v) is 13.9. The second-order valence-electron chi connectivity index (χ2n) is 5.63. The van der Waals surface area contributed by atoms with Crippen LogP contribution >= 0.6 is 0 Å². The van der Waals surface area contributed by atoms with Crippen LogP contribution in [-0.2, 0) is 10.0 Å². The van der Waals surface area contributed by atoms with Gasteiger partial charge in [0.1, 0.15) is 10.7 Å². The normalized spacial score (nSPS) is 18.7. The van der Waals surface area contributed by atoms with Crippen LogP contribution in [0.15, 0.2) is 35.7 Å². The van der Waals surface area contributed by atoms with Gasteiger partial charge in [-0.05, 0) is 44.4 Å². The van der Waals surface area contributed by atoms with Crippen LogP contribution in [0.25, 0.3) is 0 Å². The summed E-state index contributed by atoms with van der Waals surface area (Å²) in [5.74, 6) is -1.15. The van der Waals surface area contributed by atoms with E-state index in [0.717, 1.165) is 31.4 Å². The molecule has 0 bridgehead atoms. The summed E-state index contributed by atoms with van der Waals surface area (Å²) in [4.78, 5) is 13.8. The van der Waals surface area contributed by atoms with E-state index in [9.17, 15) is 17.6 Å². The Morgan fingerprint density at radius 2 is 2.22 bits per heavy atom. The Hall–Kier alpha value is -1.73. The van der Waals surface area contributed by atoms with E-state index in [0.29, 0.717) is 6.54 Å². The van der Waals surface area contributed by atoms with Gasteiger partial charge in [-0.2, -0.15) is 0 Å². The molecule has 1 aromatic rings. The largest absolute Gasteiger partial charge is 0.336 e. The molecule has 5 nitrogen and oxygen atoms in total. The van der Waals surface area contributed by atoms with Gasteiger partial charge in [-0.25, -0.2) is 17.5 Å². The third-order valence-electron chi connectivity index (χ3n) is 3.95. The van der Waals surface area contributed by atoms with Crippen LogP contribution in [0.1, 0.15) is 36.5 Å². The van der Waals surface area contributed by atoms with Crippen LogP contribution in [0, 0.1) is 5.82 Å². The molecule has 1 aliphatic rings. The van der Waals surface area contributed by atoms with E-state index >= 15 is 0 Å². The summed E-state index contributed by atoms with van der Waals surface area (Å²) in [5, 5.41) is 0. The molecule has 1 aliphatic heterocycles. The van der Waals surface area contributed by atoms with E-state index in [1.165, 1.54) is 12.1 Å². The number of carbonyl (C=O) groups excluding carboxylic acids is 1. The van der Waals surface area contributed by atoms with Gasteiger partial charge in [-0.1, -0.05) is 6.08 Å². The Bertz CT molecular complexity index is 703. The summed E-state index contributed by atoms with van der Waals surface area (Å²) < 4.78 is 40.3. The standard InChI is InChI=1S/C16H21FN2O3S/c1-3-9-18-23(21,22)15-11-13(7-8-14(15)17)16(20)19-10-5-4-6-12(19)2/h3,7-8,11-12,18H,1,4-6,9-10H2,2H3. The van der Waals surface area contributed by atoms with Crippen molar-refractivity contribution >= 4 is 15.9 Å². The van der Waals surface area contributed by atoms with E-state index < -0.39 is 20.7 Å². The summed E-state index contributed by atoms with van der Waals surface area (Å²) in [6, 6.07) is 3.54. The molecule has 1 atom stereocenters. The number of nitrogens with one attached hydrogen (secondary N) is 1. The first-order chi connectivity index (χ1) is 10.9. The van der Waals surface area contributed by atoms with Crippen LogP contribution in [0.2, 0.25) is 0 Å². The fraction of sp³-hybridized carbons (Fsp3) is 0.438. The average Bonchev–Trinajstić information content (AvgIpc) is 2.53. The number of hydrogen-bond donors (Lipinski definition) is 1. The quantitative estimate of drug-likeness (QED) is 0.837. The van der Waals surface area contributed by atoms with Crippen molar-refractivity contribution in [3.8, 4) is 0 Å². The summed E-state index contributed by atoms with van der Waals surface area (Å²) in [5.41, 5.74) is 0.180. The number of hydrogen-bond acceptors (Lipinski definition) is 3. The van der Waals surface area contributed by atoms with Crippen LogP contribution in [-0.4, -0.2) is 38.4 Å². The Balaban J connectivity index is 2.33. The maximum atomic E-state index is 13.9. The molecule has 0 aliphatic carbocycles. The first-order valence-corrected chi connectivity index (χ1v) is 9.06. The molecule has 1 fully saturated rings. The minimum Gasteiger partial charge on any atom is -0.336 e. The molecule has 1 saturated heterocycles. The fourth-order valence-corrected chi connectivity index (χ4v) is 3.75. The van der Waals surface area contributed by atoms with Crippen molar-refractivity contribution in [2.75, 3.05) is 13.1 Å². The van der Waals surface area contributed by atoms with Crippen LogP contribution < -0.4 is 4.72 Å². The van der Waals surface area contributed by atoms with Gasteiger partial charge >= 0.3 is 0 Å². The lowest BCUT2D eigenvalue weighted by Crippen LogP contribution is -2.42. The number of sulfonamides is 1. The third-order valence-corrected chi connectivity index (χ3v) is 5.39. The first kappa shape index (κ1) is 17.6. The van der Waals surface area contributed by atoms with Crippen LogP contribution in [0.4, 0.5) is 4.39 Å².